The van der Waals surface area contributed by atoms with E-state index < -0.39 is 6.10 Å². The van der Waals surface area contributed by atoms with E-state index in [-0.39, 0.29) is 30.1 Å². The van der Waals surface area contributed by atoms with Gasteiger partial charge in [-0.1, -0.05) is 54.6 Å². The standard InChI is InChI=1S/C23H24FNO.ClH/c24-20-9-7-18(8-10-20)21-11-12-25-15-22(21)23(26)14-16-5-6-17-3-1-2-4-19(17)13-16;/h1-10,13,21-23,25-26H,11-12,14-15H2;1H. The highest BCUT2D eigenvalue weighted by Crippen LogP contribution is 2.33. The van der Waals surface area contributed by atoms with Crippen LogP contribution in [0.4, 0.5) is 4.39 Å². The molecule has 1 saturated heterocycles. The molecule has 1 aliphatic rings. The van der Waals surface area contributed by atoms with E-state index in [0.717, 1.165) is 30.6 Å². The third-order valence-corrected chi connectivity index (χ3v) is 5.58. The Bertz CT molecular complexity index is 883. The third kappa shape index (κ3) is 4.49. The van der Waals surface area contributed by atoms with Crippen LogP contribution < -0.4 is 5.32 Å². The van der Waals surface area contributed by atoms with E-state index >= 15 is 0 Å². The predicted octanol–water partition coefficient (Wildman–Crippen LogP) is 4.70. The van der Waals surface area contributed by atoms with Crippen molar-refractivity contribution in [3.05, 3.63) is 83.7 Å². The lowest BCUT2D eigenvalue weighted by Gasteiger charge is -2.36. The van der Waals surface area contributed by atoms with Crippen LogP contribution in [-0.2, 0) is 6.42 Å². The van der Waals surface area contributed by atoms with Gasteiger partial charge >= 0.3 is 0 Å². The summed E-state index contributed by atoms with van der Waals surface area (Å²) in [5.74, 6) is 0.170. The smallest absolute Gasteiger partial charge is 0.123 e. The van der Waals surface area contributed by atoms with Crippen molar-refractivity contribution >= 4 is 23.2 Å². The number of hydrogen-bond acceptors (Lipinski definition) is 2. The fourth-order valence-corrected chi connectivity index (χ4v) is 4.17. The van der Waals surface area contributed by atoms with E-state index in [0.29, 0.717) is 6.42 Å². The Labute approximate surface area is 165 Å². The summed E-state index contributed by atoms with van der Waals surface area (Å²) in [6.45, 7) is 1.72. The zero-order chi connectivity index (χ0) is 17.9. The molecule has 0 aromatic heterocycles. The van der Waals surface area contributed by atoms with Gasteiger partial charge in [-0.15, -0.1) is 12.4 Å². The molecule has 1 aliphatic heterocycles. The maximum Gasteiger partial charge on any atom is 0.123 e. The fraction of sp³-hybridized carbons (Fsp3) is 0.304. The summed E-state index contributed by atoms with van der Waals surface area (Å²) in [6, 6.07) is 21.4. The van der Waals surface area contributed by atoms with Gasteiger partial charge in [0.2, 0.25) is 0 Å². The maximum absolute atomic E-state index is 13.3. The Kier molecular flexibility index (Phi) is 6.48. The fourth-order valence-electron chi connectivity index (χ4n) is 4.17. The summed E-state index contributed by atoms with van der Waals surface area (Å²) in [7, 11) is 0. The van der Waals surface area contributed by atoms with Gasteiger partial charge in [0.15, 0.2) is 0 Å². The summed E-state index contributed by atoms with van der Waals surface area (Å²) >= 11 is 0. The van der Waals surface area contributed by atoms with Crippen LogP contribution in [0.5, 0.6) is 0 Å². The molecule has 0 spiro atoms. The molecule has 3 unspecified atom stereocenters. The first kappa shape index (κ1) is 19.8. The average molecular weight is 386 g/mol. The lowest BCUT2D eigenvalue weighted by atomic mass is 9.77. The Morgan fingerprint density at radius 2 is 1.74 bits per heavy atom. The SMILES string of the molecule is Cl.OC(Cc1ccc2ccccc2c1)C1CNCCC1c1ccc(F)cc1. The summed E-state index contributed by atoms with van der Waals surface area (Å²) in [4.78, 5) is 0. The monoisotopic (exact) mass is 385 g/mol. The van der Waals surface area contributed by atoms with Crippen LogP contribution in [0.25, 0.3) is 10.8 Å². The Morgan fingerprint density at radius 1 is 1.00 bits per heavy atom. The van der Waals surface area contributed by atoms with Crippen molar-refractivity contribution in [1.29, 1.82) is 0 Å². The first-order valence-corrected chi connectivity index (χ1v) is 9.32. The highest BCUT2D eigenvalue weighted by Gasteiger charge is 2.31. The number of aliphatic hydroxyl groups excluding tert-OH is 1. The van der Waals surface area contributed by atoms with Crippen LogP contribution in [0.1, 0.15) is 23.5 Å². The van der Waals surface area contributed by atoms with Crippen molar-refractivity contribution in [3.8, 4) is 0 Å². The topological polar surface area (TPSA) is 32.3 Å². The first-order chi connectivity index (χ1) is 12.7. The lowest BCUT2D eigenvalue weighted by molar-refractivity contribution is 0.0788. The summed E-state index contributed by atoms with van der Waals surface area (Å²) in [6.07, 6.45) is 1.17. The molecule has 0 bridgehead atoms. The molecule has 4 heteroatoms. The molecule has 0 saturated carbocycles. The number of fused-ring (bicyclic) bond motifs is 1. The van der Waals surface area contributed by atoms with Gasteiger partial charge < -0.3 is 10.4 Å². The molecule has 142 valence electrons. The highest BCUT2D eigenvalue weighted by molar-refractivity contribution is 5.85. The molecule has 1 heterocycles. The van der Waals surface area contributed by atoms with E-state index in [4.69, 9.17) is 0 Å². The Hall–Kier alpha value is -1.94. The van der Waals surface area contributed by atoms with Gasteiger partial charge in [0, 0.05) is 12.5 Å². The first-order valence-electron chi connectivity index (χ1n) is 9.32. The van der Waals surface area contributed by atoms with Crippen molar-refractivity contribution in [1.82, 2.24) is 5.32 Å². The van der Waals surface area contributed by atoms with E-state index in [2.05, 4.69) is 35.6 Å². The van der Waals surface area contributed by atoms with E-state index in [1.165, 1.54) is 22.9 Å². The van der Waals surface area contributed by atoms with Crippen LogP contribution in [-0.4, -0.2) is 24.3 Å². The minimum atomic E-state index is -0.431. The van der Waals surface area contributed by atoms with E-state index in [1.807, 2.05) is 24.3 Å². The molecule has 27 heavy (non-hydrogen) atoms. The van der Waals surface area contributed by atoms with Crippen LogP contribution >= 0.6 is 12.4 Å². The van der Waals surface area contributed by atoms with Crippen LogP contribution in [0.2, 0.25) is 0 Å². The normalized spacial score (nSPS) is 20.8. The van der Waals surface area contributed by atoms with Crippen LogP contribution in [0.15, 0.2) is 66.7 Å². The number of aliphatic hydroxyl groups is 1. The number of halogens is 2. The molecular formula is C23H25ClFNO. The minimum absolute atomic E-state index is 0. The van der Waals surface area contributed by atoms with Gasteiger partial charge in [-0.05, 0) is 59.3 Å². The largest absolute Gasteiger partial charge is 0.392 e. The minimum Gasteiger partial charge on any atom is -0.392 e. The maximum atomic E-state index is 13.3. The molecule has 3 aromatic carbocycles. The molecule has 3 aromatic rings. The van der Waals surface area contributed by atoms with E-state index in [1.54, 1.807) is 0 Å². The van der Waals surface area contributed by atoms with Crippen LogP contribution in [0.3, 0.4) is 0 Å². The number of hydrogen-bond donors (Lipinski definition) is 2. The lowest BCUT2D eigenvalue weighted by Crippen LogP contribution is -2.42. The number of piperidine rings is 1. The molecule has 1 fully saturated rings. The molecular weight excluding hydrogens is 361 g/mol. The van der Waals surface area contributed by atoms with Gasteiger partial charge in [0.1, 0.15) is 5.82 Å². The number of nitrogens with one attached hydrogen (secondary N) is 1. The molecule has 0 aliphatic carbocycles. The van der Waals surface area contributed by atoms with E-state index in [9.17, 15) is 9.50 Å². The highest BCUT2D eigenvalue weighted by atomic mass is 35.5. The van der Waals surface area contributed by atoms with Crippen molar-refractivity contribution in [2.24, 2.45) is 5.92 Å². The number of benzene rings is 3. The zero-order valence-corrected chi connectivity index (χ0v) is 16.0. The average Bonchev–Trinajstić information content (AvgIpc) is 2.68. The predicted molar refractivity (Wildman–Crippen MR) is 111 cm³/mol. The van der Waals surface area contributed by atoms with Crippen LogP contribution in [0, 0.1) is 11.7 Å². The Morgan fingerprint density at radius 3 is 2.52 bits per heavy atom. The number of rotatable bonds is 4. The van der Waals surface area contributed by atoms with Gasteiger partial charge in [-0.25, -0.2) is 4.39 Å². The summed E-state index contributed by atoms with van der Waals surface area (Å²) < 4.78 is 13.3. The molecule has 0 radical (unpaired) electrons. The molecule has 4 rings (SSSR count). The van der Waals surface area contributed by atoms with Crippen molar-refractivity contribution < 1.29 is 9.50 Å². The second-order valence-corrected chi connectivity index (χ2v) is 7.27. The molecule has 2 nitrogen and oxygen atoms in total. The van der Waals surface area contributed by atoms with Crippen molar-refractivity contribution in [2.75, 3.05) is 13.1 Å². The van der Waals surface area contributed by atoms with Crippen molar-refractivity contribution in [2.45, 2.75) is 24.9 Å². The molecule has 3 atom stereocenters. The Balaban J connectivity index is 0.00000210. The van der Waals surface area contributed by atoms with Crippen molar-refractivity contribution in [3.63, 3.8) is 0 Å². The van der Waals surface area contributed by atoms with Gasteiger partial charge in [0.05, 0.1) is 6.10 Å². The molecule has 2 N–H and O–H groups in total. The second-order valence-electron chi connectivity index (χ2n) is 7.27. The van der Waals surface area contributed by atoms with Gasteiger partial charge in [-0.2, -0.15) is 0 Å². The second kappa shape index (κ2) is 8.83. The summed E-state index contributed by atoms with van der Waals surface area (Å²) in [5.41, 5.74) is 2.27. The molecule has 0 amide bonds. The zero-order valence-electron chi connectivity index (χ0n) is 15.1. The quantitative estimate of drug-likeness (QED) is 0.682. The van der Waals surface area contributed by atoms with Gasteiger partial charge in [0.25, 0.3) is 0 Å². The third-order valence-electron chi connectivity index (χ3n) is 5.58. The van der Waals surface area contributed by atoms with Gasteiger partial charge in [-0.3, -0.25) is 0 Å². The summed E-state index contributed by atoms with van der Waals surface area (Å²) in [5, 5.41) is 16.8.